The van der Waals surface area contributed by atoms with Crippen molar-refractivity contribution < 1.29 is 9.72 Å². The normalized spacial score (nSPS) is 10.3. The maximum absolute atomic E-state index is 11.6. The highest BCUT2D eigenvalue weighted by atomic mass is 32.1. The standard InChI is InChI=1S/C8H8N6O3S/c1-5-10-7(14(16)17)12-13(5)4-6(15)11-8-9-2-3-18-8/h2-3H,4H2,1H3,(H,9,11,15). The number of rotatable bonds is 4. The van der Waals surface area contributed by atoms with Crippen molar-refractivity contribution in [3.05, 3.63) is 27.5 Å². The van der Waals surface area contributed by atoms with E-state index >= 15 is 0 Å². The molecule has 0 saturated carbocycles. The summed E-state index contributed by atoms with van der Waals surface area (Å²) in [5.74, 6) is -0.585. The SMILES string of the molecule is Cc1nc([N+](=O)[O-])nn1CC(=O)Nc1nccs1. The molecule has 1 amide bonds. The van der Waals surface area contributed by atoms with E-state index in [1.807, 2.05) is 0 Å². The molecule has 0 saturated heterocycles. The molecule has 0 atom stereocenters. The summed E-state index contributed by atoms with van der Waals surface area (Å²) in [4.78, 5) is 28.9. The molecule has 0 unspecified atom stereocenters. The van der Waals surface area contributed by atoms with Crippen molar-refractivity contribution in [3.63, 3.8) is 0 Å². The zero-order valence-electron chi connectivity index (χ0n) is 9.23. The van der Waals surface area contributed by atoms with Crippen LogP contribution in [0, 0.1) is 17.0 Å². The van der Waals surface area contributed by atoms with Crippen LogP contribution in [-0.2, 0) is 11.3 Å². The number of anilines is 1. The van der Waals surface area contributed by atoms with E-state index in [-0.39, 0.29) is 12.5 Å². The monoisotopic (exact) mass is 268 g/mol. The zero-order chi connectivity index (χ0) is 13.1. The molecule has 0 aliphatic rings. The minimum atomic E-state index is -0.706. The summed E-state index contributed by atoms with van der Waals surface area (Å²) in [7, 11) is 0. The van der Waals surface area contributed by atoms with E-state index in [1.54, 1.807) is 11.6 Å². The minimum absolute atomic E-state index is 0.147. The Kier molecular flexibility index (Phi) is 3.28. The molecule has 2 rings (SSSR count). The highest BCUT2D eigenvalue weighted by Crippen LogP contribution is 2.10. The third-order valence-corrected chi connectivity index (χ3v) is 2.67. The fraction of sp³-hybridized carbons (Fsp3) is 0.250. The van der Waals surface area contributed by atoms with Gasteiger partial charge in [-0.2, -0.15) is 4.68 Å². The van der Waals surface area contributed by atoms with Crippen molar-refractivity contribution in [1.29, 1.82) is 0 Å². The Morgan fingerprint density at radius 3 is 3.00 bits per heavy atom. The van der Waals surface area contributed by atoms with Crippen LogP contribution in [0.5, 0.6) is 0 Å². The molecule has 0 aliphatic carbocycles. The van der Waals surface area contributed by atoms with Gasteiger partial charge in [-0.15, -0.1) is 11.3 Å². The molecular weight excluding hydrogens is 260 g/mol. The third kappa shape index (κ3) is 2.66. The van der Waals surface area contributed by atoms with Gasteiger partial charge >= 0.3 is 5.95 Å². The molecule has 0 spiro atoms. The lowest BCUT2D eigenvalue weighted by molar-refractivity contribution is -0.394. The second kappa shape index (κ2) is 4.87. The molecule has 2 heterocycles. The average molecular weight is 268 g/mol. The van der Waals surface area contributed by atoms with Gasteiger partial charge in [-0.3, -0.25) is 4.79 Å². The Morgan fingerprint density at radius 1 is 1.67 bits per heavy atom. The number of nitro groups is 1. The van der Waals surface area contributed by atoms with Gasteiger partial charge in [0.2, 0.25) is 11.7 Å². The van der Waals surface area contributed by atoms with Crippen molar-refractivity contribution in [2.45, 2.75) is 13.5 Å². The summed E-state index contributed by atoms with van der Waals surface area (Å²) in [6, 6.07) is 0. The van der Waals surface area contributed by atoms with Gasteiger partial charge in [-0.05, 0) is 9.91 Å². The van der Waals surface area contributed by atoms with Gasteiger partial charge in [-0.1, -0.05) is 0 Å². The number of carbonyl (C=O) groups excluding carboxylic acids is 1. The van der Waals surface area contributed by atoms with E-state index in [2.05, 4.69) is 20.4 Å². The van der Waals surface area contributed by atoms with Crippen LogP contribution < -0.4 is 5.32 Å². The lowest BCUT2D eigenvalue weighted by atomic mass is 10.5. The number of hydrogen-bond acceptors (Lipinski definition) is 7. The van der Waals surface area contributed by atoms with Crippen LogP contribution in [0.1, 0.15) is 5.82 Å². The second-order valence-corrected chi connectivity index (χ2v) is 4.15. The van der Waals surface area contributed by atoms with Crippen molar-refractivity contribution >= 4 is 28.3 Å². The largest absolute Gasteiger partial charge is 0.491 e. The summed E-state index contributed by atoms with van der Waals surface area (Å²) in [5, 5.41) is 18.8. The van der Waals surface area contributed by atoms with Gasteiger partial charge in [0.15, 0.2) is 5.13 Å². The van der Waals surface area contributed by atoms with E-state index in [9.17, 15) is 14.9 Å². The first-order chi connectivity index (χ1) is 8.56. The maximum atomic E-state index is 11.6. The molecular formula is C8H8N6O3S. The predicted molar refractivity (Wildman–Crippen MR) is 62.2 cm³/mol. The number of nitrogens with zero attached hydrogens (tertiary/aromatic N) is 5. The first-order valence-corrected chi connectivity index (χ1v) is 5.69. The molecule has 0 bridgehead atoms. The molecule has 0 radical (unpaired) electrons. The number of aryl methyl sites for hydroxylation is 1. The molecule has 18 heavy (non-hydrogen) atoms. The van der Waals surface area contributed by atoms with E-state index in [0.29, 0.717) is 11.0 Å². The molecule has 2 aromatic rings. The molecule has 1 N–H and O–H groups in total. The van der Waals surface area contributed by atoms with Gasteiger partial charge in [0.25, 0.3) is 0 Å². The van der Waals surface area contributed by atoms with Crippen LogP contribution in [0.4, 0.5) is 11.1 Å². The second-order valence-electron chi connectivity index (χ2n) is 3.26. The summed E-state index contributed by atoms with van der Waals surface area (Å²) < 4.78 is 1.17. The van der Waals surface area contributed by atoms with Gasteiger partial charge in [0, 0.05) is 23.6 Å². The molecule has 0 aromatic carbocycles. The van der Waals surface area contributed by atoms with Gasteiger partial charge in [0.05, 0.1) is 0 Å². The summed E-state index contributed by atoms with van der Waals surface area (Å²) in [6.07, 6.45) is 1.56. The molecule has 9 nitrogen and oxygen atoms in total. The molecule has 0 aliphatic heterocycles. The summed E-state index contributed by atoms with van der Waals surface area (Å²) >= 11 is 1.28. The highest BCUT2D eigenvalue weighted by molar-refractivity contribution is 7.13. The lowest BCUT2D eigenvalue weighted by Gasteiger charge is -1.99. The van der Waals surface area contributed by atoms with E-state index in [0.717, 1.165) is 0 Å². The van der Waals surface area contributed by atoms with Gasteiger partial charge < -0.3 is 15.4 Å². The van der Waals surface area contributed by atoms with Crippen LogP contribution in [0.25, 0.3) is 0 Å². The van der Waals surface area contributed by atoms with Gasteiger partial charge in [0.1, 0.15) is 6.54 Å². The topological polar surface area (TPSA) is 116 Å². The average Bonchev–Trinajstić information content (AvgIpc) is 2.89. The minimum Gasteiger partial charge on any atom is -0.390 e. The smallest absolute Gasteiger partial charge is 0.390 e. The molecule has 94 valence electrons. The van der Waals surface area contributed by atoms with Crippen molar-refractivity contribution in [3.8, 4) is 0 Å². The lowest BCUT2D eigenvalue weighted by Crippen LogP contribution is -2.20. The Labute approximate surface area is 105 Å². The molecule has 10 heteroatoms. The first kappa shape index (κ1) is 12.1. The fourth-order valence-corrected chi connectivity index (χ4v) is 1.76. The number of amides is 1. The Balaban J connectivity index is 2.05. The van der Waals surface area contributed by atoms with Crippen LogP contribution in [0.2, 0.25) is 0 Å². The number of hydrogen-bond donors (Lipinski definition) is 1. The predicted octanol–water partition coefficient (Wildman–Crippen LogP) is 0.590. The van der Waals surface area contributed by atoms with Gasteiger partial charge in [-0.25, -0.2) is 4.98 Å². The zero-order valence-corrected chi connectivity index (χ0v) is 10.0. The Bertz CT molecular complexity index is 578. The van der Waals surface area contributed by atoms with Crippen molar-refractivity contribution in [2.24, 2.45) is 0 Å². The third-order valence-electron chi connectivity index (χ3n) is 1.98. The Morgan fingerprint density at radius 2 is 2.44 bits per heavy atom. The maximum Gasteiger partial charge on any atom is 0.491 e. The van der Waals surface area contributed by atoms with E-state index < -0.39 is 10.9 Å². The Hall–Kier alpha value is -2.36. The van der Waals surface area contributed by atoms with Crippen LogP contribution in [-0.4, -0.2) is 30.6 Å². The summed E-state index contributed by atoms with van der Waals surface area (Å²) in [6.45, 7) is 1.39. The van der Waals surface area contributed by atoms with Crippen LogP contribution in [0.3, 0.4) is 0 Å². The first-order valence-electron chi connectivity index (χ1n) is 4.81. The number of aromatic nitrogens is 4. The van der Waals surface area contributed by atoms with Crippen LogP contribution >= 0.6 is 11.3 Å². The fourth-order valence-electron chi connectivity index (χ4n) is 1.21. The van der Waals surface area contributed by atoms with Crippen molar-refractivity contribution in [2.75, 3.05) is 5.32 Å². The van der Waals surface area contributed by atoms with E-state index in [1.165, 1.54) is 22.9 Å². The number of carbonyl (C=O) groups is 1. The number of nitrogens with one attached hydrogen (secondary N) is 1. The van der Waals surface area contributed by atoms with Crippen molar-refractivity contribution in [1.82, 2.24) is 19.7 Å². The number of thiazole rings is 1. The summed E-state index contributed by atoms with van der Waals surface area (Å²) in [5.41, 5.74) is 0. The molecule has 0 fully saturated rings. The quantitative estimate of drug-likeness (QED) is 0.640. The van der Waals surface area contributed by atoms with E-state index in [4.69, 9.17) is 0 Å². The molecule has 2 aromatic heterocycles. The van der Waals surface area contributed by atoms with Crippen LogP contribution in [0.15, 0.2) is 11.6 Å². The highest BCUT2D eigenvalue weighted by Gasteiger charge is 2.20.